The maximum Gasteiger partial charge on any atom is 0.227 e. The van der Waals surface area contributed by atoms with E-state index in [4.69, 9.17) is 29.1 Å². The lowest BCUT2D eigenvalue weighted by Gasteiger charge is -2.32. The van der Waals surface area contributed by atoms with E-state index in [2.05, 4.69) is 9.47 Å². The van der Waals surface area contributed by atoms with Crippen molar-refractivity contribution in [3.8, 4) is 11.9 Å². The van der Waals surface area contributed by atoms with Gasteiger partial charge in [-0.15, -0.1) is 0 Å². The van der Waals surface area contributed by atoms with E-state index >= 15 is 0 Å². The number of carbonyl (C=O) groups excluding carboxylic acids is 1. The molecule has 1 atom stereocenters. The van der Waals surface area contributed by atoms with Crippen molar-refractivity contribution in [2.75, 3.05) is 19.7 Å². The molecular weight excluding hydrogens is 501 g/mol. The fraction of sp³-hybridized carbons (Fsp3) is 0.379. The van der Waals surface area contributed by atoms with Crippen molar-refractivity contribution in [2.45, 2.75) is 51.0 Å². The number of carbonyl (C=O) groups is 1. The first-order valence-corrected chi connectivity index (χ1v) is 13.2. The van der Waals surface area contributed by atoms with Gasteiger partial charge in [0.05, 0.1) is 30.8 Å². The van der Waals surface area contributed by atoms with Gasteiger partial charge in [-0.1, -0.05) is 12.1 Å². The van der Waals surface area contributed by atoms with Crippen molar-refractivity contribution in [1.29, 1.82) is 5.26 Å². The van der Waals surface area contributed by atoms with Crippen LogP contribution in [0.15, 0.2) is 46.9 Å². The van der Waals surface area contributed by atoms with Crippen molar-refractivity contribution >= 4 is 17.5 Å². The largest absolute Gasteiger partial charge is 0.473 e. The predicted molar refractivity (Wildman–Crippen MR) is 139 cm³/mol. The van der Waals surface area contributed by atoms with Gasteiger partial charge < -0.3 is 13.9 Å². The van der Waals surface area contributed by atoms with E-state index in [1.807, 2.05) is 18.2 Å². The second-order valence-electron chi connectivity index (χ2n) is 10.0. The molecule has 200 valence electrons. The summed E-state index contributed by atoms with van der Waals surface area (Å²) in [7, 11) is 0. The molecule has 10 heteroatoms. The zero-order chi connectivity index (χ0) is 26.8. The molecule has 9 nitrogen and oxygen atoms in total. The van der Waals surface area contributed by atoms with Crippen LogP contribution in [0.4, 0.5) is 4.39 Å². The third-order valence-corrected chi connectivity index (χ3v) is 7.49. The predicted octanol–water partition coefficient (Wildman–Crippen LogP) is 4.60. The van der Waals surface area contributed by atoms with Crippen LogP contribution in [0, 0.1) is 17.1 Å². The smallest absolute Gasteiger partial charge is 0.227 e. The molecule has 2 fully saturated rings. The van der Waals surface area contributed by atoms with Gasteiger partial charge in [0, 0.05) is 35.9 Å². The number of imidazole rings is 1. The summed E-state index contributed by atoms with van der Waals surface area (Å²) in [5.41, 5.74) is 2.95. The van der Waals surface area contributed by atoms with E-state index < -0.39 is 5.82 Å². The number of hydrogen-bond acceptors (Lipinski definition) is 8. The third kappa shape index (κ3) is 5.41. The van der Waals surface area contributed by atoms with E-state index in [9.17, 15) is 9.18 Å². The highest BCUT2D eigenvalue weighted by Crippen LogP contribution is 2.30. The van der Waals surface area contributed by atoms with E-state index in [0.29, 0.717) is 48.0 Å². The Hall–Kier alpha value is -4.07. The van der Waals surface area contributed by atoms with Crippen molar-refractivity contribution in [3.05, 3.63) is 76.7 Å². The number of pyridine rings is 1. The minimum Gasteiger partial charge on any atom is -0.473 e. The summed E-state index contributed by atoms with van der Waals surface area (Å²) in [6.07, 6.45) is 3.74. The average molecular weight is 530 g/mol. The Morgan fingerprint density at radius 3 is 2.72 bits per heavy atom. The highest BCUT2D eigenvalue weighted by molar-refractivity contribution is 5.81. The molecule has 1 aromatic carbocycles. The summed E-state index contributed by atoms with van der Waals surface area (Å²) >= 11 is 0. The minimum atomic E-state index is -0.463. The molecular formula is C29H28FN5O4. The molecule has 2 aliphatic heterocycles. The molecule has 0 aliphatic carbocycles. The molecule has 0 N–H and O–H groups in total. The number of ether oxygens (including phenoxy) is 2. The topological polar surface area (TPSA) is 106 Å². The maximum absolute atomic E-state index is 14.2. The van der Waals surface area contributed by atoms with Gasteiger partial charge in [0.2, 0.25) is 11.6 Å². The lowest BCUT2D eigenvalue weighted by Crippen LogP contribution is -2.35. The molecule has 39 heavy (non-hydrogen) atoms. The molecule has 4 aromatic rings. The van der Waals surface area contributed by atoms with Crippen LogP contribution in [0.5, 0.6) is 5.88 Å². The van der Waals surface area contributed by atoms with Crippen LogP contribution in [-0.4, -0.2) is 51.5 Å². The quantitative estimate of drug-likeness (QED) is 0.290. The Kier molecular flexibility index (Phi) is 7.09. The summed E-state index contributed by atoms with van der Waals surface area (Å²) in [4.78, 5) is 23.0. The number of likely N-dealkylation sites (tertiary alicyclic amines) is 1. The Labute approximate surface area is 224 Å². The van der Waals surface area contributed by atoms with Gasteiger partial charge >= 0.3 is 0 Å². The average Bonchev–Trinajstić information content (AvgIpc) is 3.48. The molecule has 0 saturated carbocycles. The van der Waals surface area contributed by atoms with Crippen LogP contribution >= 0.6 is 0 Å². The monoisotopic (exact) mass is 529 g/mol. The first-order chi connectivity index (χ1) is 19.1. The Balaban J connectivity index is 1.08. The number of rotatable bonds is 9. The number of halogens is 1. The summed E-state index contributed by atoms with van der Waals surface area (Å²) in [5, 5.41) is 8.91. The normalized spacial score (nSPS) is 18.1. The molecule has 2 saturated heterocycles. The van der Waals surface area contributed by atoms with Crippen LogP contribution in [0.25, 0.3) is 11.2 Å². The molecule has 3 aromatic heterocycles. The van der Waals surface area contributed by atoms with E-state index in [-0.39, 0.29) is 24.0 Å². The molecule has 0 spiro atoms. The second-order valence-corrected chi connectivity index (χ2v) is 10.0. The summed E-state index contributed by atoms with van der Waals surface area (Å²) in [6.45, 7) is 3.95. The summed E-state index contributed by atoms with van der Waals surface area (Å²) < 4.78 is 33.4. The summed E-state index contributed by atoms with van der Waals surface area (Å²) in [6, 6.07) is 13.7. The number of nitrogens with zero attached hydrogens (tertiary/aromatic N) is 5. The van der Waals surface area contributed by atoms with Crippen molar-refractivity contribution < 1.29 is 23.1 Å². The van der Waals surface area contributed by atoms with E-state index in [1.54, 1.807) is 24.3 Å². The van der Waals surface area contributed by atoms with Gasteiger partial charge in [-0.05, 0) is 50.6 Å². The molecule has 2 aliphatic rings. The van der Waals surface area contributed by atoms with Gasteiger partial charge in [-0.3, -0.25) is 14.3 Å². The molecule has 1 unspecified atom stereocenters. The lowest BCUT2D eigenvalue weighted by atomic mass is 9.93. The van der Waals surface area contributed by atoms with Crippen LogP contribution in [0.1, 0.15) is 58.4 Å². The van der Waals surface area contributed by atoms with Crippen LogP contribution in [0.2, 0.25) is 0 Å². The zero-order valence-electron chi connectivity index (χ0n) is 21.4. The number of hydrogen-bond donors (Lipinski definition) is 0. The number of aldehydes is 1. The second kappa shape index (κ2) is 11.0. The Bertz CT molecular complexity index is 1530. The molecule has 6 rings (SSSR count). The van der Waals surface area contributed by atoms with E-state index in [0.717, 1.165) is 50.5 Å². The lowest BCUT2D eigenvalue weighted by molar-refractivity contribution is -0.0595. The minimum absolute atomic E-state index is 0.0439. The number of fused-ring (bicyclic) bond motifs is 1. The highest BCUT2D eigenvalue weighted by Gasteiger charge is 2.27. The Morgan fingerprint density at radius 1 is 1.15 bits per heavy atom. The van der Waals surface area contributed by atoms with Crippen molar-refractivity contribution in [2.24, 2.45) is 0 Å². The molecule has 0 radical (unpaired) electrons. The number of aromatic nitrogens is 3. The maximum atomic E-state index is 14.2. The number of piperidine rings is 1. The fourth-order valence-electron chi connectivity index (χ4n) is 5.19. The third-order valence-electron chi connectivity index (χ3n) is 7.49. The molecule has 5 heterocycles. The highest BCUT2D eigenvalue weighted by atomic mass is 19.1. The van der Waals surface area contributed by atoms with Crippen LogP contribution < -0.4 is 4.74 Å². The van der Waals surface area contributed by atoms with Gasteiger partial charge in [-0.25, -0.2) is 14.4 Å². The Morgan fingerprint density at radius 2 is 2.00 bits per heavy atom. The molecule has 0 bridgehead atoms. The fourth-order valence-corrected chi connectivity index (χ4v) is 5.19. The number of nitriles is 1. The van der Waals surface area contributed by atoms with Gasteiger partial charge in [0.25, 0.3) is 0 Å². The van der Waals surface area contributed by atoms with Gasteiger partial charge in [0.1, 0.15) is 23.8 Å². The number of benzene rings is 1. The zero-order valence-corrected chi connectivity index (χ0v) is 21.4. The molecule has 0 amide bonds. The SMILES string of the molecule is N#Cc1ccc(COc2cccc(C3CCN(Cc4nc5cc(C=O)oc5n4CC4CCO4)CC3)n2)c(F)c1. The van der Waals surface area contributed by atoms with Gasteiger partial charge in [-0.2, -0.15) is 5.26 Å². The summed E-state index contributed by atoms with van der Waals surface area (Å²) in [5.74, 6) is 1.49. The van der Waals surface area contributed by atoms with Gasteiger partial charge in [0.15, 0.2) is 12.0 Å². The standard InChI is InChI=1S/C29H28FN5O4/c30-24-12-19(14-31)4-5-21(24)18-38-28-3-1-2-25(33-28)20-6-9-34(10-7-20)16-27-32-26-13-23(17-36)39-29(26)35(27)15-22-8-11-37-22/h1-5,12-13,17,20,22H,6-11,15-16,18H2. The van der Waals surface area contributed by atoms with Crippen molar-refractivity contribution in [1.82, 2.24) is 19.4 Å². The van der Waals surface area contributed by atoms with Crippen LogP contribution in [-0.2, 0) is 24.4 Å². The van der Waals surface area contributed by atoms with Crippen molar-refractivity contribution in [3.63, 3.8) is 0 Å². The number of furan rings is 1. The first kappa shape index (κ1) is 25.2. The van der Waals surface area contributed by atoms with Crippen LogP contribution in [0.3, 0.4) is 0 Å². The van der Waals surface area contributed by atoms with E-state index in [1.165, 1.54) is 6.07 Å². The first-order valence-electron chi connectivity index (χ1n) is 13.2.